The molecule has 0 N–H and O–H groups in total. The monoisotopic (exact) mass is 414 g/mol. The highest BCUT2D eigenvalue weighted by Crippen LogP contribution is 2.28. The molecule has 30 heavy (non-hydrogen) atoms. The van der Waals surface area contributed by atoms with Gasteiger partial charge in [-0.1, -0.05) is 20.8 Å². The van der Waals surface area contributed by atoms with Crippen molar-refractivity contribution in [3.05, 3.63) is 53.1 Å². The van der Waals surface area contributed by atoms with E-state index in [0.717, 1.165) is 5.69 Å². The minimum Gasteiger partial charge on any atom is -0.335 e. The lowest BCUT2D eigenvalue weighted by atomic mass is 9.89. The van der Waals surface area contributed by atoms with Gasteiger partial charge in [-0.15, -0.1) is 0 Å². The van der Waals surface area contributed by atoms with Crippen LogP contribution in [0.2, 0.25) is 0 Å². The highest BCUT2D eigenvalue weighted by molar-refractivity contribution is 5.96. The van der Waals surface area contributed by atoms with Gasteiger partial charge in [0.15, 0.2) is 0 Å². The molecule has 162 valence electrons. The second kappa shape index (κ2) is 7.85. The molecule has 0 bridgehead atoms. The van der Waals surface area contributed by atoms with E-state index in [2.05, 4.69) is 41.5 Å². The number of halogens is 1. The van der Waals surface area contributed by atoms with Crippen molar-refractivity contribution in [2.24, 2.45) is 0 Å². The van der Waals surface area contributed by atoms with Crippen LogP contribution in [0, 0.1) is 5.82 Å². The number of hydrogen-bond donors (Lipinski definition) is 0. The largest absolute Gasteiger partial charge is 0.335 e. The third-order valence-electron chi connectivity index (χ3n) is 5.29. The van der Waals surface area contributed by atoms with Crippen molar-refractivity contribution in [3.8, 4) is 0 Å². The molecular weight excluding hydrogens is 383 g/mol. The molecule has 1 fully saturated rings. The molecule has 0 unspecified atom stereocenters. The van der Waals surface area contributed by atoms with Crippen molar-refractivity contribution < 1.29 is 14.0 Å². The molecular formula is C23H31FN4O2. The summed E-state index contributed by atoms with van der Waals surface area (Å²) in [6.07, 6.45) is 1.85. The van der Waals surface area contributed by atoms with Gasteiger partial charge in [0.25, 0.3) is 11.8 Å². The maximum Gasteiger partial charge on any atom is 0.257 e. The Hall–Kier alpha value is -2.70. The van der Waals surface area contributed by atoms with Crippen LogP contribution in [0.1, 0.15) is 68.0 Å². The Morgan fingerprint density at radius 3 is 1.83 bits per heavy atom. The van der Waals surface area contributed by atoms with Crippen LogP contribution < -0.4 is 0 Å². The van der Waals surface area contributed by atoms with Crippen molar-refractivity contribution >= 4 is 11.8 Å². The first-order valence-electron chi connectivity index (χ1n) is 10.3. The summed E-state index contributed by atoms with van der Waals surface area (Å²) in [5, 5.41) is 4.73. The van der Waals surface area contributed by atoms with E-state index in [1.165, 1.54) is 24.3 Å². The van der Waals surface area contributed by atoms with Gasteiger partial charge in [-0.3, -0.25) is 14.3 Å². The first-order valence-corrected chi connectivity index (χ1v) is 10.3. The number of carbonyl (C=O) groups is 2. The fourth-order valence-corrected chi connectivity index (χ4v) is 3.49. The molecule has 0 atom stereocenters. The van der Waals surface area contributed by atoms with Crippen molar-refractivity contribution in [1.29, 1.82) is 0 Å². The van der Waals surface area contributed by atoms with Gasteiger partial charge >= 0.3 is 0 Å². The Labute approximate surface area is 177 Å². The third kappa shape index (κ3) is 4.55. The lowest BCUT2D eigenvalue weighted by Crippen LogP contribution is -2.50. The fourth-order valence-electron chi connectivity index (χ4n) is 3.49. The van der Waals surface area contributed by atoms with E-state index in [-0.39, 0.29) is 28.6 Å². The summed E-state index contributed by atoms with van der Waals surface area (Å²) in [5.74, 6) is -0.560. The van der Waals surface area contributed by atoms with Gasteiger partial charge in [-0.2, -0.15) is 5.10 Å². The SMILES string of the molecule is CC(C)(C)c1nn(C(C)(C)C)cc1C(=O)N1CCN(C(=O)c2ccc(F)cc2)CC1. The summed E-state index contributed by atoms with van der Waals surface area (Å²) in [6, 6.07) is 5.55. The first kappa shape index (κ1) is 22.0. The van der Waals surface area contributed by atoms with E-state index in [1.807, 2.05) is 10.9 Å². The molecule has 0 radical (unpaired) electrons. The normalized spacial score (nSPS) is 15.4. The Morgan fingerprint density at radius 1 is 0.867 bits per heavy atom. The van der Waals surface area contributed by atoms with Gasteiger partial charge in [0.2, 0.25) is 0 Å². The molecule has 1 aliphatic rings. The molecule has 0 saturated carbocycles. The average Bonchev–Trinajstić information content (AvgIpc) is 3.14. The molecule has 1 aromatic heterocycles. The van der Waals surface area contributed by atoms with Crippen molar-refractivity contribution in [2.75, 3.05) is 26.2 Å². The first-order chi connectivity index (χ1) is 13.9. The van der Waals surface area contributed by atoms with E-state index in [4.69, 9.17) is 5.10 Å². The zero-order chi connectivity index (χ0) is 22.3. The highest BCUT2D eigenvalue weighted by Gasteiger charge is 2.32. The summed E-state index contributed by atoms with van der Waals surface area (Å²) in [5.41, 5.74) is 1.38. The number of hydrogen-bond acceptors (Lipinski definition) is 3. The smallest absolute Gasteiger partial charge is 0.257 e. The van der Waals surface area contributed by atoms with E-state index in [1.54, 1.807) is 9.80 Å². The highest BCUT2D eigenvalue weighted by atomic mass is 19.1. The molecule has 1 aliphatic heterocycles. The van der Waals surface area contributed by atoms with Crippen LogP contribution in [0.25, 0.3) is 0 Å². The van der Waals surface area contributed by atoms with Crippen LogP contribution in [0.5, 0.6) is 0 Å². The molecule has 2 aromatic rings. The summed E-state index contributed by atoms with van der Waals surface area (Å²) in [7, 11) is 0. The molecule has 2 heterocycles. The summed E-state index contributed by atoms with van der Waals surface area (Å²) >= 11 is 0. The topological polar surface area (TPSA) is 58.4 Å². The predicted molar refractivity (Wildman–Crippen MR) is 114 cm³/mol. The zero-order valence-electron chi connectivity index (χ0n) is 18.7. The second-order valence-electron chi connectivity index (χ2n) is 9.85. The lowest BCUT2D eigenvalue weighted by molar-refractivity contribution is 0.0534. The van der Waals surface area contributed by atoms with Crippen molar-refractivity contribution in [1.82, 2.24) is 19.6 Å². The van der Waals surface area contributed by atoms with Crippen molar-refractivity contribution in [2.45, 2.75) is 52.5 Å². The van der Waals surface area contributed by atoms with E-state index < -0.39 is 0 Å². The van der Waals surface area contributed by atoms with Crippen LogP contribution in [-0.2, 0) is 11.0 Å². The predicted octanol–water partition coefficient (Wildman–Crippen LogP) is 3.67. The number of rotatable bonds is 2. The molecule has 0 spiro atoms. The average molecular weight is 415 g/mol. The number of nitrogens with zero attached hydrogens (tertiary/aromatic N) is 4. The van der Waals surface area contributed by atoms with E-state index >= 15 is 0 Å². The molecule has 1 aromatic carbocycles. The molecule has 6 nitrogen and oxygen atoms in total. The van der Waals surface area contributed by atoms with Gasteiger partial charge in [0.1, 0.15) is 5.82 Å². The molecule has 7 heteroatoms. The van der Waals surface area contributed by atoms with Gasteiger partial charge in [-0.05, 0) is 45.0 Å². The quantitative estimate of drug-likeness (QED) is 0.753. The Morgan fingerprint density at radius 2 is 1.37 bits per heavy atom. The number of carbonyl (C=O) groups excluding carboxylic acids is 2. The third-order valence-corrected chi connectivity index (χ3v) is 5.29. The number of benzene rings is 1. The van der Waals surface area contributed by atoms with Gasteiger partial charge < -0.3 is 9.80 Å². The van der Waals surface area contributed by atoms with E-state index in [0.29, 0.717) is 37.3 Å². The number of aromatic nitrogens is 2. The summed E-state index contributed by atoms with van der Waals surface area (Å²) < 4.78 is 15.0. The fraction of sp³-hybridized carbons (Fsp3) is 0.522. The summed E-state index contributed by atoms with van der Waals surface area (Å²) in [6.45, 7) is 14.1. The minimum atomic E-state index is -0.368. The van der Waals surface area contributed by atoms with Crippen LogP contribution in [0.4, 0.5) is 4.39 Å². The van der Waals surface area contributed by atoms with Gasteiger partial charge in [-0.25, -0.2) is 4.39 Å². The Balaban J connectivity index is 1.74. The molecule has 2 amide bonds. The van der Waals surface area contributed by atoms with Crippen LogP contribution in [0.15, 0.2) is 30.5 Å². The minimum absolute atomic E-state index is 0.0516. The van der Waals surface area contributed by atoms with Crippen LogP contribution >= 0.6 is 0 Å². The standard InChI is InChI=1S/C23H31FN4O2/c1-22(2,3)19-18(15-28(25-19)23(4,5)6)21(30)27-13-11-26(12-14-27)20(29)16-7-9-17(24)10-8-16/h7-10,15H,11-14H2,1-6H3. The van der Waals surface area contributed by atoms with Crippen LogP contribution in [0.3, 0.4) is 0 Å². The maximum absolute atomic E-state index is 13.3. The number of amides is 2. The zero-order valence-corrected chi connectivity index (χ0v) is 18.7. The number of piperazine rings is 1. The molecule has 3 rings (SSSR count). The molecule has 1 saturated heterocycles. The second-order valence-corrected chi connectivity index (χ2v) is 9.85. The van der Waals surface area contributed by atoms with Crippen LogP contribution in [-0.4, -0.2) is 57.6 Å². The van der Waals surface area contributed by atoms with Crippen molar-refractivity contribution in [3.63, 3.8) is 0 Å². The molecule has 0 aliphatic carbocycles. The van der Waals surface area contributed by atoms with Gasteiger partial charge in [0, 0.05) is 43.4 Å². The maximum atomic E-state index is 13.3. The Bertz CT molecular complexity index is 928. The van der Waals surface area contributed by atoms with E-state index in [9.17, 15) is 14.0 Å². The van der Waals surface area contributed by atoms with Gasteiger partial charge in [0.05, 0.1) is 16.8 Å². The summed E-state index contributed by atoms with van der Waals surface area (Å²) in [4.78, 5) is 29.5. The Kier molecular flexibility index (Phi) is 5.76. The lowest BCUT2D eigenvalue weighted by Gasteiger charge is -2.35.